The average molecular weight is 206 g/mol. The molecule has 12 heavy (non-hydrogen) atoms. The maximum Gasteiger partial charge on any atom is 0.499 e. The van der Waals surface area contributed by atoms with Crippen molar-refractivity contribution < 1.29 is 13.0 Å². The van der Waals surface area contributed by atoms with Crippen molar-refractivity contribution in [1.29, 1.82) is 0 Å². The zero-order valence-corrected chi connectivity index (χ0v) is 12.3. The summed E-state index contributed by atoms with van der Waals surface area (Å²) in [6, 6.07) is 0. The summed E-state index contributed by atoms with van der Waals surface area (Å²) in [6.07, 6.45) is 0. The molecule has 0 amide bonds. The summed E-state index contributed by atoms with van der Waals surface area (Å²) < 4.78 is 9.62. The van der Waals surface area contributed by atoms with Crippen LogP contribution in [0.2, 0.25) is 6.55 Å². The molecule has 0 aliphatic heterocycles. The molecule has 0 fully saturated rings. The Balaban J connectivity index is 0. The third-order valence-corrected chi connectivity index (χ3v) is 2.59. The van der Waals surface area contributed by atoms with E-state index in [-0.39, 0.29) is 21.3 Å². The predicted molar refractivity (Wildman–Crippen MR) is 55.6 cm³/mol. The number of carbonyl (C=O) groups is 1. The minimum Gasteiger partial charge on any atom is -0.622 e. The van der Waals surface area contributed by atoms with E-state index in [1.807, 2.05) is 0 Å². The molecule has 0 rings (SSSR count). The lowest BCUT2D eigenvalue weighted by Crippen LogP contribution is -2.19. The quantitative estimate of drug-likeness (QED) is 0.568. The Labute approximate surface area is 85.5 Å². The van der Waals surface area contributed by atoms with E-state index in [0.29, 0.717) is 16.6 Å². The molecule has 0 aromatic rings. The molecular formula is C7H19AlO3Si. The highest BCUT2D eigenvalue weighted by atomic mass is 28.2. The van der Waals surface area contributed by atoms with Crippen molar-refractivity contribution in [3.05, 3.63) is 0 Å². The van der Waals surface area contributed by atoms with Gasteiger partial charge in [-0.2, -0.15) is 0 Å². The van der Waals surface area contributed by atoms with E-state index in [9.17, 15) is 4.79 Å². The highest BCUT2D eigenvalue weighted by Gasteiger charge is 2.05. The Hall–Kier alpha value is 0.179. The first-order valence-electron chi connectivity index (χ1n) is 4.02. The Bertz CT molecular complexity index is 122. The van der Waals surface area contributed by atoms with Gasteiger partial charge in [-0.3, -0.25) is 4.79 Å². The van der Waals surface area contributed by atoms with E-state index in [0.717, 1.165) is 0 Å². The lowest BCUT2D eigenvalue weighted by atomic mass is 10.2. The predicted octanol–water partition coefficient (Wildman–Crippen LogP) is 0.0310. The molecule has 0 radical (unpaired) electrons. The second-order valence-corrected chi connectivity index (χ2v) is 4.52. The molecular weight excluding hydrogens is 187 g/mol. The molecule has 0 spiro atoms. The summed E-state index contributed by atoms with van der Waals surface area (Å²) in [4.78, 5) is 9.62. The summed E-state index contributed by atoms with van der Waals surface area (Å²) in [5.41, 5.74) is 0.112. The molecule has 0 N–H and O–H groups in total. The molecule has 0 saturated heterocycles. The summed E-state index contributed by atoms with van der Waals surface area (Å²) in [5.74, 6) is -0.184. The number of hydrogen-bond donors (Lipinski definition) is 0. The first-order chi connectivity index (χ1) is 5.33. The van der Waals surface area contributed by atoms with Gasteiger partial charge in [0.05, 0.1) is 0 Å². The van der Waals surface area contributed by atoms with Gasteiger partial charge >= 0.3 is 16.6 Å². The van der Waals surface area contributed by atoms with Crippen LogP contribution in [-0.2, 0) is 13.0 Å². The zero-order chi connectivity index (χ0) is 10.2. The molecule has 0 aliphatic carbocycles. The lowest BCUT2D eigenvalue weighted by Gasteiger charge is -2.17. The smallest absolute Gasteiger partial charge is 0.499 e. The highest BCUT2D eigenvalue weighted by molar-refractivity contribution is 6.24. The largest absolute Gasteiger partial charge is 0.622 e. The van der Waals surface area contributed by atoms with Gasteiger partial charge in [0.15, 0.2) is 9.76 Å². The standard InChI is InChI=1S/C5H14OSi.C2H4O2.Al.2H/c1-5(2,3)6-7-4;1-2(3)4;;;/h7H2,1-4H3;1H3,(H,3,4);;;/q;;+1;;/p-1. The molecule has 0 aliphatic rings. The molecule has 0 bridgehead atoms. The van der Waals surface area contributed by atoms with Crippen LogP contribution in [0.25, 0.3) is 0 Å². The Morgan fingerprint density at radius 2 is 1.75 bits per heavy atom. The van der Waals surface area contributed by atoms with Crippen LogP contribution in [0.1, 0.15) is 27.7 Å². The van der Waals surface area contributed by atoms with Crippen LogP contribution in [0, 0.1) is 0 Å². The van der Waals surface area contributed by atoms with Crippen LogP contribution in [0.15, 0.2) is 0 Å². The van der Waals surface area contributed by atoms with Crippen molar-refractivity contribution in [3.63, 3.8) is 0 Å². The van der Waals surface area contributed by atoms with Crippen LogP contribution in [0.5, 0.6) is 0 Å². The van der Waals surface area contributed by atoms with Crippen molar-refractivity contribution in [2.24, 2.45) is 0 Å². The summed E-state index contributed by atoms with van der Waals surface area (Å²) >= 11 is 0.524. The van der Waals surface area contributed by atoms with E-state index >= 15 is 0 Å². The third kappa shape index (κ3) is 22.5. The molecule has 0 aromatic heterocycles. The molecule has 72 valence electrons. The third-order valence-electron chi connectivity index (χ3n) is 0.865. The second kappa shape index (κ2) is 7.81. The topological polar surface area (TPSA) is 35.5 Å². The molecule has 0 saturated carbocycles. The van der Waals surface area contributed by atoms with Crippen LogP contribution in [0.4, 0.5) is 0 Å². The van der Waals surface area contributed by atoms with Crippen LogP contribution in [-0.4, -0.2) is 38.0 Å². The van der Waals surface area contributed by atoms with Crippen LogP contribution < -0.4 is 0 Å². The fourth-order valence-corrected chi connectivity index (χ4v) is 1.30. The molecule has 0 unspecified atom stereocenters. The Morgan fingerprint density at radius 3 is 1.75 bits per heavy atom. The van der Waals surface area contributed by atoms with Crippen molar-refractivity contribution >= 4 is 32.4 Å². The molecule has 0 heterocycles. The number of rotatable bonds is 1. The average Bonchev–Trinajstić information content (AvgIpc) is 1.86. The van der Waals surface area contributed by atoms with Gasteiger partial charge in [0, 0.05) is 12.5 Å². The van der Waals surface area contributed by atoms with Crippen molar-refractivity contribution in [2.75, 3.05) is 0 Å². The molecule has 0 atom stereocenters. The van der Waals surface area contributed by atoms with Gasteiger partial charge in [0.1, 0.15) is 0 Å². The molecule has 5 heteroatoms. The maximum absolute atomic E-state index is 9.62. The Morgan fingerprint density at radius 1 is 1.42 bits per heavy atom. The minimum absolute atomic E-state index is 0.112. The van der Waals surface area contributed by atoms with Gasteiger partial charge in [-0.15, -0.1) is 0 Å². The van der Waals surface area contributed by atoms with Gasteiger partial charge in [-0.05, 0) is 20.8 Å². The van der Waals surface area contributed by atoms with E-state index in [2.05, 4.69) is 31.1 Å². The first kappa shape index (κ1) is 14.7. The van der Waals surface area contributed by atoms with Gasteiger partial charge in [0.25, 0.3) is 5.97 Å². The number of hydrogen-bond acceptors (Lipinski definition) is 3. The van der Waals surface area contributed by atoms with Crippen LogP contribution >= 0.6 is 0 Å². The van der Waals surface area contributed by atoms with E-state index in [1.54, 1.807) is 0 Å². The fraction of sp³-hybridized carbons (Fsp3) is 0.857. The molecule has 3 nitrogen and oxygen atoms in total. The lowest BCUT2D eigenvalue weighted by molar-refractivity contribution is -0.131. The Kier molecular flexibility index (Phi) is 9.56. The summed E-state index contributed by atoms with van der Waals surface area (Å²) in [6.45, 7) is 9.80. The monoisotopic (exact) mass is 206 g/mol. The molecule has 0 aromatic carbocycles. The first-order valence-corrected chi connectivity index (χ1v) is 6.82. The summed E-state index contributed by atoms with van der Waals surface area (Å²) in [5, 5.41) is 0. The van der Waals surface area contributed by atoms with Gasteiger partial charge < -0.3 is 8.21 Å². The zero-order valence-electron chi connectivity index (χ0n) is 8.93. The minimum atomic E-state index is -0.190. The second-order valence-electron chi connectivity index (χ2n) is 3.24. The number of carbonyl (C=O) groups excluding carboxylic acids is 1. The van der Waals surface area contributed by atoms with Crippen molar-refractivity contribution in [1.82, 2.24) is 0 Å². The highest BCUT2D eigenvalue weighted by Crippen LogP contribution is 2.03. The maximum atomic E-state index is 9.62. The summed E-state index contributed by atoms with van der Waals surface area (Å²) in [7, 11) is -0.190. The van der Waals surface area contributed by atoms with E-state index < -0.39 is 0 Å². The van der Waals surface area contributed by atoms with Gasteiger partial charge in [-0.25, -0.2) is 0 Å². The van der Waals surface area contributed by atoms with E-state index in [4.69, 9.17) is 4.43 Å². The SMILES string of the molecule is CC(=O)[O][AlH2].C[SiH2]OC(C)(C)C. The van der Waals surface area contributed by atoms with Gasteiger partial charge in [-0.1, -0.05) is 6.55 Å². The normalized spacial score (nSPS) is 10.8. The van der Waals surface area contributed by atoms with Crippen LogP contribution in [0.3, 0.4) is 0 Å². The fourth-order valence-electron chi connectivity index (χ4n) is 0.433. The van der Waals surface area contributed by atoms with Gasteiger partial charge in [0.2, 0.25) is 0 Å². The van der Waals surface area contributed by atoms with E-state index in [1.165, 1.54) is 6.92 Å². The van der Waals surface area contributed by atoms with Crippen molar-refractivity contribution in [3.8, 4) is 0 Å². The van der Waals surface area contributed by atoms with Crippen molar-refractivity contribution in [2.45, 2.75) is 39.8 Å².